The molecule has 0 saturated carbocycles. The Hall–Kier alpha value is -12.5. The van der Waals surface area contributed by atoms with Crippen molar-refractivity contribution in [2.24, 2.45) is 0 Å². The summed E-state index contributed by atoms with van der Waals surface area (Å²) in [5.41, 5.74) is 11.9. The highest BCUT2D eigenvalue weighted by molar-refractivity contribution is 7.95. The number of aromatic nitrogens is 1. The quantitative estimate of drug-likeness (QED) is 0.0566. The van der Waals surface area contributed by atoms with Gasteiger partial charge < -0.3 is 31.5 Å². The highest BCUT2D eigenvalue weighted by Crippen LogP contribution is 2.38. The van der Waals surface area contributed by atoms with Crippen LogP contribution in [0.2, 0.25) is 20.1 Å². The van der Waals surface area contributed by atoms with Crippen molar-refractivity contribution in [3.05, 3.63) is 326 Å². The predicted octanol–water partition coefficient (Wildman–Crippen LogP) is 17.8. The number of rotatable bonds is 17. The molecular formula is C89H74Cl4FN11O13S4. The lowest BCUT2D eigenvalue weighted by molar-refractivity contribution is 0.101. The first kappa shape index (κ1) is 85.9. The van der Waals surface area contributed by atoms with Gasteiger partial charge in [0.05, 0.1) is 62.2 Å². The van der Waals surface area contributed by atoms with E-state index in [-0.39, 0.29) is 57.0 Å². The minimum atomic E-state index is -3.23. The highest BCUT2D eigenvalue weighted by Gasteiger charge is 2.36. The van der Waals surface area contributed by atoms with Crippen LogP contribution in [0.3, 0.4) is 0 Å². The number of sulfonamides is 4. The van der Waals surface area contributed by atoms with E-state index in [9.17, 15) is 62.0 Å². The van der Waals surface area contributed by atoms with E-state index in [4.69, 9.17) is 46.4 Å². The van der Waals surface area contributed by atoms with E-state index in [1.807, 2.05) is 117 Å². The van der Waals surface area contributed by atoms with E-state index in [0.29, 0.717) is 109 Å². The molecule has 0 unspecified atom stereocenters. The van der Waals surface area contributed by atoms with Crippen molar-refractivity contribution < 1.29 is 62.0 Å². The van der Waals surface area contributed by atoms with Crippen LogP contribution < -0.4 is 48.7 Å². The molecule has 4 aliphatic rings. The maximum atomic E-state index is 13.4. The van der Waals surface area contributed by atoms with Crippen LogP contribution in [0, 0.1) is 12.7 Å². The summed E-state index contributed by atoms with van der Waals surface area (Å²) in [6.45, 7) is 3.80. The zero-order valence-electron chi connectivity index (χ0n) is 65.1. The highest BCUT2D eigenvalue weighted by atomic mass is 35.5. The van der Waals surface area contributed by atoms with Gasteiger partial charge in [-0.1, -0.05) is 107 Å². The molecule has 0 atom stereocenters. The minimum Gasteiger partial charge on any atom is -0.378 e. The van der Waals surface area contributed by atoms with Crippen LogP contribution in [0.4, 0.5) is 61.3 Å². The molecule has 122 heavy (non-hydrogen) atoms. The van der Waals surface area contributed by atoms with Crippen molar-refractivity contribution in [2.45, 2.75) is 6.92 Å². The summed E-state index contributed by atoms with van der Waals surface area (Å²) in [4.78, 5) is 69.6. The van der Waals surface area contributed by atoms with Crippen molar-refractivity contribution in [1.82, 2.24) is 4.98 Å². The fraction of sp³-hybridized carbons (Fsp3) is 0.124. The van der Waals surface area contributed by atoms with Crippen LogP contribution >= 0.6 is 46.4 Å². The van der Waals surface area contributed by atoms with Crippen LogP contribution in [0.15, 0.2) is 267 Å². The molecule has 0 spiro atoms. The molecule has 33 heteroatoms. The molecular weight excluding hydrogens is 1720 g/mol. The first-order valence-electron chi connectivity index (χ1n) is 37.7. The molecule has 4 fully saturated rings. The third-order valence-corrected chi connectivity index (χ3v) is 28.5. The van der Waals surface area contributed by atoms with E-state index in [2.05, 4.69) is 31.6 Å². The number of amides is 5. The molecule has 5 amide bonds. The van der Waals surface area contributed by atoms with Crippen molar-refractivity contribution >= 4 is 194 Å². The Kier molecular flexibility index (Phi) is 25.4. The Morgan fingerprint density at radius 3 is 1.29 bits per heavy atom. The molecule has 0 bridgehead atoms. The standard InChI is InChI=1S/C24H18ClN3O3S.C23H22ClN3O3S.C22H17ClFN3O4S.C20H17ClN2O3S/c25-19-13-18(23-22-4-2-1-3-16(22)9-10-26-23)14-20(15-19)27-24(29)17-5-7-21(8-6-17)28-11-12-32(28,30)31;1-26(2)19-8-3-16(4-9-19)21-15-18(7-12-22(21)24)25-23(28)17-5-10-20(11-6-17)27-13-14-31(27,29)30;23-19-9-6-17(13-20(19)26-22(29)15-2-1-3-16(24)12-15)25-21(28)14-4-7-18(8-5-14)27-10-11-32(27,30)31;1-13-3-2-4-16-18(10-9-17(21)19(13)16)22-20(24)14-5-7-15(8-6-14)23-11-12-27(23,25)26/h1-10,13-15H,11-12H2,(H,27,29);3-12,15H,13-14H2,1-2H3,(H,25,28);1-9,12-13H,10-11H2,(H,25,28)(H,26,29);2-10H,11-12H2,1H3,(H,22,24). The molecule has 24 nitrogen and oxygen atoms in total. The van der Waals surface area contributed by atoms with Gasteiger partial charge in [0.1, 0.15) is 5.82 Å². The zero-order chi connectivity index (χ0) is 86.5. The van der Waals surface area contributed by atoms with Crippen LogP contribution in [-0.2, 0) is 40.1 Å². The van der Waals surface area contributed by atoms with Crippen LogP contribution in [0.1, 0.15) is 57.4 Å². The van der Waals surface area contributed by atoms with E-state index >= 15 is 0 Å². The average Bonchev–Trinajstić information content (AvgIpc) is 0.788. The lowest BCUT2D eigenvalue weighted by Gasteiger charge is -2.32. The third-order valence-electron chi connectivity index (χ3n) is 20.2. The van der Waals surface area contributed by atoms with E-state index in [1.165, 1.54) is 59.7 Å². The van der Waals surface area contributed by atoms with Gasteiger partial charge in [-0.05, 0) is 224 Å². The second-order valence-electron chi connectivity index (χ2n) is 28.6. The molecule has 1 aromatic heterocycles. The molecule has 0 radical (unpaired) electrons. The Bertz CT molecular complexity index is 6760. The fourth-order valence-corrected chi connectivity index (χ4v) is 18.9. The molecule has 622 valence electrons. The van der Waals surface area contributed by atoms with Gasteiger partial charge in [-0.25, -0.2) is 38.1 Å². The molecule has 5 N–H and O–H groups in total. The second-order valence-corrected chi connectivity index (χ2v) is 38.3. The largest absolute Gasteiger partial charge is 0.378 e. The first-order chi connectivity index (χ1) is 58.2. The summed E-state index contributed by atoms with van der Waals surface area (Å²) in [5, 5.41) is 19.8. The van der Waals surface area contributed by atoms with Gasteiger partial charge in [-0.15, -0.1) is 0 Å². The van der Waals surface area contributed by atoms with E-state index in [1.54, 1.807) is 128 Å². The lowest BCUT2D eigenvalue weighted by Crippen LogP contribution is -2.47. The molecule has 13 aromatic rings. The van der Waals surface area contributed by atoms with Crippen molar-refractivity contribution in [1.29, 1.82) is 0 Å². The van der Waals surface area contributed by atoms with Gasteiger partial charge >= 0.3 is 0 Å². The number of hydrogen-bond donors (Lipinski definition) is 5. The summed E-state index contributed by atoms with van der Waals surface area (Å²) in [5.74, 6) is -1.79. The smallest absolute Gasteiger partial charge is 0.255 e. The van der Waals surface area contributed by atoms with Gasteiger partial charge in [0.15, 0.2) is 0 Å². The van der Waals surface area contributed by atoms with Gasteiger partial charge in [-0.3, -0.25) is 46.2 Å². The maximum absolute atomic E-state index is 13.4. The topological polar surface area (TPSA) is 311 Å². The number of nitrogens with zero attached hydrogens (tertiary/aromatic N) is 6. The first-order valence-corrected chi connectivity index (χ1v) is 45.6. The number of pyridine rings is 1. The predicted molar refractivity (Wildman–Crippen MR) is 485 cm³/mol. The van der Waals surface area contributed by atoms with Crippen LogP contribution in [0.5, 0.6) is 0 Å². The monoisotopic (exact) mass is 1790 g/mol. The zero-order valence-corrected chi connectivity index (χ0v) is 71.4. The summed E-state index contributed by atoms with van der Waals surface area (Å²) in [6, 6.07) is 73.5. The summed E-state index contributed by atoms with van der Waals surface area (Å²) < 4.78 is 112. The molecule has 0 aliphatic carbocycles. The number of carbonyl (C=O) groups is 5. The Morgan fingerprint density at radius 1 is 0.377 bits per heavy atom. The SMILES string of the molecule is CN(C)c1ccc(-c2cc(NC(=O)c3ccc(N4CCS4(=O)=O)cc3)ccc2Cl)cc1.Cc1cccc2c(NC(=O)c3ccc(N4CCS4(=O)=O)cc3)ccc(Cl)c12.O=C(Nc1cc(Cl)cc(-c2nccc3ccccc23)c1)c1ccc(N2CCS2(=O)=O)cc1.O=C(Nc1ccc(Cl)c(NC(=O)c2cccc(F)c2)c1)c1ccc(N2CCS2(=O)=O)cc1. The number of hydrogen-bond acceptors (Lipinski definition) is 15. The second kappa shape index (κ2) is 36.1. The summed E-state index contributed by atoms with van der Waals surface area (Å²) in [7, 11) is -8.82. The van der Waals surface area contributed by atoms with Crippen LogP contribution in [-0.4, -0.2) is 131 Å². The number of nitrogens with one attached hydrogen (secondary N) is 5. The maximum Gasteiger partial charge on any atom is 0.255 e. The molecule has 4 aliphatic heterocycles. The van der Waals surface area contributed by atoms with Crippen molar-refractivity contribution in [2.75, 3.05) is 112 Å². The molecule has 4 saturated heterocycles. The van der Waals surface area contributed by atoms with E-state index in [0.717, 1.165) is 61.2 Å². The Morgan fingerprint density at radius 2 is 0.811 bits per heavy atom. The normalized spacial score (nSPS) is 14.8. The van der Waals surface area contributed by atoms with Crippen molar-refractivity contribution in [3.63, 3.8) is 0 Å². The lowest BCUT2D eigenvalue weighted by atomic mass is 10.0. The van der Waals surface area contributed by atoms with Gasteiger partial charge in [-0.2, -0.15) is 0 Å². The summed E-state index contributed by atoms with van der Waals surface area (Å²) in [6.07, 6.45) is 1.75. The third kappa shape index (κ3) is 19.6. The number of aryl methyl sites for hydroxylation is 1. The molecule has 17 rings (SSSR count). The number of anilines is 10. The fourth-order valence-electron chi connectivity index (χ4n) is 13.5. The van der Waals surface area contributed by atoms with Crippen molar-refractivity contribution in [3.8, 4) is 22.4 Å². The summed E-state index contributed by atoms with van der Waals surface area (Å²) >= 11 is 25.2. The van der Waals surface area contributed by atoms with E-state index < -0.39 is 57.7 Å². The molecule has 12 aromatic carbocycles. The van der Waals surface area contributed by atoms with Gasteiger partial charge in [0.25, 0.3) is 29.5 Å². The number of benzene rings is 12. The van der Waals surface area contributed by atoms with Gasteiger partial charge in [0, 0.05) is 145 Å². The average molecular weight is 1790 g/mol. The van der Waals surface area contributed by atoms with Gasteiger partial charge in [0.2, 0.25) is 40.1 Å². The molecule has 5 heterocycles. The minimum absolute atomic E-state index is 0.115. The number of halogens is 5. The Labute approximate surface area is 723 Å². The number of fused-ring (bicyclic) bond motifs is 2. The number of carbonyl (C=O) groups excluding carboxylic acids is 5. The Balaban J connectivity index is 0.000000133. The van der Waals surface area contributed by atoms with Crippen LogP contribution in [0.25, 0.3) is 43.9 Å².